The number of carbonyl (C=O) groups excluding carboxylic acids is 2. The number of piperidine rings is 1. The maximum atomic E-state index is 12.3. The Morgan fingerprint density at radius 1 is 1.25 bits per heavy atom. The van der Waals surface area contributed by atoms with E-state index in [0.717, 1.165) is 25.9 Å². The molecule has 0 spiro atoms. The number of anilines is 1. The molecule has 1 aliphatic heterocycles. The Balaban J connectivity index is 1.82. The van der Waals surface area contributed by atoms with Gasteiger partial charge in [0.25, 0.3) is 0 Å². The predicted molar refractivity (Wildman–Crippen MR) is 92.3 cm³/mol. The Labute approximate surface area is 143 Å². The van der Waals surface area contributed by atoms with Crippen molar-refractivity contribution in [1.29, 1.82) is 0 Å². The molecular formula is C17H27N5O2. The SMILES string of the molecule is CC(C(=O)NC(C)(C)C)N1CCC(C(=O)Nc2cnccn2)CC1. The number of hydrogen-bond donors (Lipinski definition) is 2. The smallest absolute Gasteiger partial charge is 0.237 e. The molecule has 24 heavy (non-hydrogen) atoms. The molecule has 7 heteroatoms. The molecule has 0 radical (unpaired) electrons. The third-order valence-electron chi connectivity index (χ3n) is 4.14. The molecule has 0 bridgehead atoms. The largest absolute Gasteiger partial charge is 0.350 e. The summed E-state index contributed by atoms with van der Waals surface area (Å²) in [5.74, 6) is 0.427. The van der Waals surface area contributed by atoms with Crippen molar-refractivity contribution in [2.45, 2.75) is 52.1 Å². The standard InChI is InChI=1S/C17H27N5O2/c1-12(15(23)21-17(2,3)4)22-9-5-13(6-10-22)16(24)20-14-11-18-7-8-19-14/h7-8,11-13H,5-6,9-10H2,1-4H3,(H,21,23)(H,19,20,24). The van der Waals surface area contributed by atoms with Crippen LogP contribution in [0.2, 0.25) is 0 Å². The van der Waals surface area contributed by atoms with Crippen LogP contribution in [0.15, 0.2) is 18.6 Å². The lowest BCUT2D eigenvalue weighted by molar-refractivity contribution is -0.128. The maximum absolute atomic E-state index is 12.3. The van der Waals surface area contributed by atoms with Gasteiger partial charge in [0.2, 0.25) is 11.8 Å². The Bertz CT molecular complexity index is 562. The minimum absolute atomic E-state index is 0.0260. The first-order valence-electron chi connectivity index (χ1n) is 8.39. The van der Waals surface area contributed by atoms with Gasteiger partial charge < -0.3 is 10.6 Å². The number of nitrogens with zero attached hydrogens (tertiary/aromatic N) is 3. The minimum atomic E-state index is -0.236. The van der Waals surface area contributed by atoms with Gasteiger partial charge in [-0.3, -0.25) is 19.5 Å². The molecule has 2 amide bonds. The lowest BCUT2D eigenvalue weighted by Gasteiger charge is -2.36. The van der Waals surface area contributed by atoms with Crippen LogP contribution in [0, 0.1) is 5.92 Å². The predicted octanol–water partition coefficient (Wildman–Crippen LogP) is 1.43. The highest BCUT2D eigenvalue weighted by Gasteiger charge is 2.30. The van der Waals surface area contributed by atoms with E-state index in [0.29, 0.717) is 5.82 Å². The van der Waals surface area contributed by atoms with Crippen LogP contribution < -0.4 is 10.6 Å². The lowest BCUT2D eigenvalue weighted by atomic mass is 9.94. The quantitative estimate of drug-likeness (QED) is 0.870. The first-order valence-corrected chi connectivity index (χ1v) is 8.39. The topological polar surface area (TPSA) is 87.2 Å². The molecule has 1 aromatic rings. The van der Waals surface area contributed by atoms with Crippen LogP contribution in [0.4, 0.5) is 5.82 Å². The van der Waals surface area contributed by atoms with Crippen LogP contribution in [0.25, 0.3) is 0 Å². The van der Waals surface area contributed by atoms with Gasteiger partial charge in [0, 0.05) is 23.9 Å². The summed E-state index contributed by atoms with van der Waals surface area (Å²) in [5.41, 5.74) is -0.236. The summed E-state index contributed by atoms with van der Waals surface area (Å²) in [4.78, 5) is 34.7. The number of hydrogen-bond acceptors (Lipinski definition) is 5. The number of amides is 2. The third kappa shape index (κ3) is 5.26. The van der Waals surface area contributed by atoms with Crippen molar-refractivity contribution in [3.05, 3.63) is 18.6 Å². The van der Waals surface area contributed by atoms with E-state index < -0.39 is 0 Å². The van der Waals surface area contributed by atoms with Crippen LogP contribution in [-0.2, 0) is 9.59 Å². The second kappa shape index (κ2) is 7.70. The molecule has 0 aromatic carbocycles. The average molecular weight is 333 g/mol. The number of likely N-dealkylation sites (tertiary alicyclic amines) is 1. The Morgan fingerprint density at radius 2 is 1.92 bits per heavy atom. The fourth-order valence-corrected chi connectivity index (χ4v) is 2.78. The molecule has 2 N–H and O–H groups in total. The van der Waals surface area contributed by atoms with Gasteiger partial charge in [0.15, 0.2) is 5.82 Å². The molecule has 1 aromatic heterocycles. The number of rotatable bonds is 4. The Morgan fingerprint density at radius 3 is 2.46 bits per heavy atom. The van der Waals surface area contributed by atoms with Crippen LogP contribution in [0.5, 0.6) is 0 Å². The van der Waals surface area contributed by atoms with Gasteiger partial charge in [-0.15, -0.1) is 0 Å². The van der Waals surface area contributed by atoms with Gasteiger partial charge in [-0.05, 0) is 53.6 Å². The second-order valence-electron chi connectivity index (χ2n) is 7.31. The summed E-state index contributed by atoms with van der Waals surface area (Å²) >= 11 is 0. The fourth-order valence-electron chi connectivity index (χ4n) is 2.78. The zero-order valence-corrected chi connectivity index (χ0v) is 14.9. The van der Waals surface area contributed by atoms with E-state index in [-0.39, 0.29) is 29.3 Å². The van der Waals surface area contributed by atoms with E-state index in [1.165, 1.54) is 6.20 Å². The van der Waals surface area contributed by atoms with Crippen molar-refractivity contribution in [3.63, 3.8) is 0 Å². The minimum Gasteiger partial charge on any atom is -0.350 e. The van der Waals surface area contributed by atoms with Crippen LogP contribution in [0.3, 0.4) is 0 Å². The Hall–Kier alpha value is -2.02. The summed E-state index contributed by atoms with van der Waals surface area (Å²) in [6.45, 7) is 9.30. The highest BCUT2D eigenvalue weighted by molar-refractivity contribution is 5.91. The van der Waals surface area contributed by atoms with Gasteiger partial charge in [-0.1, -0.05) is 0 Å². The molecule has 0 aliphatic carbocycles. The van der Waals surface area contributed by atoms with Crippen molar-refractivity contribution < 1.29 is 9.59 Å². The molecule has 1 fully saturated rings. The van der Waals surface area contributed by atoms with Crippen molar-refractivity contribution in [1.82, 2.24) is 20.2 Å². The van der Waals surface area contributed by atoms with Crippen molar-refractivity contribution >= 4 is 17.6 Å². The Kier molecular flexibility index (Phi) is 5.88. The van der Waals surface area contributed by atoms with E-state index in [1.54, 1.807) is 12.4 Å². The normalized spacial score (nSPS) is 18.0. The maximum Gasteiger partial charge on any atom is 0.237 e. The molecule has 1 unspecified atom stereocenters. The summed E-state index contributed by atoms with van der Waals surface area (Å²) in [6.07, 6.45) is 6.12. The summed E-state index contributed by atoms with van der Waals surface area (Å²) < 4.78 is 0. The molecule has 132 valence electrons. The first-order chi connectivity index (χ1) is 11.3. The van der Waals surface area contributed by atoms with Crippen molar-refractivity contribution in [2.24, 2.45) is 5.92 Å². The van der Waals surface area contributed by atoms with Gasteiger partial charge in [-0.25, -0.2) is 4.98 Å². The van der Waals surface area contributed by atoms with Gasteiger partial charge in [0.05, 0.1) is 12.2 Å². The molecule has 1 atom stereocenters. The van der Waals surface area contributed by atoms with E-state index in [2.05, 4.69) is 25.5 Å². The molecule has 7 nitrogen and oxygen atoms in total. The number of nitrogens with one attached hydrogen (secondary N) is 2. The summed E-state index contributed by atoms with van der Waals surface area (Å²) in [5, 5.41) is 5.81. The third-order valence-corrected chi connectivity index (χ3v) is 4.14. The van der Waals surface area contributed by atoms with Gasteiger partial charge >= 0.3 is 0 Å². The van der Waals surface area contributed by atoms with E-state index in [1.807, 2.05) is 27.7 Å². The van der Waals surface area contributed by atoms with Gasteiger partial charge in [-0.2, -0.15) is 0 Å². The van der Waals surface area contributed by atoms with Gasteiger partial charge in [0.1, 0.15) is 0 Å². The van der Waals surface area contributed by atoms with Crippen LogP contribution in [0.1, 0.15) is 40.5 Å². The molecule has 1 aliphatic rings. The van der Waals surface area contributed by atoms with E-state index in [9.17, 15) is 9.59 Å². The monoisotopic (exact) mass is 333 g/mol. The van der Waals surface area contributed by atoms with E-state index in [4.69, 9.17) is 0 Å². The molecule has 2 heterocycles. The molecule has 0 saturated carbocycles. The summed E-state index contributed by atoms with van der Waals surface area (Å²) in [7, 11) is 0. The zero-order chi connectivity index (χ0) is 17.7. The first kappa shape index (κ1) is 18.3. The molecular weight excluding hydrogens is 306 g/mol. The number of carbonyl (C=O) groups is 2. The van der Waals surface area contributed by atoms with Crippen molar-refractivity contribution in [3.8, 4) is 0 Å². The van der Waals surface area contributed by atoms with Crippen LogP contribution >= 0.6 is 0 Å². The lowest BCUT2D eigenvalue weighted by Crippen LogP contribution is -2.53. The zero-order valence-electron chi connectivity index (χ0n) is 14.9. The average Bonchev–Trinajstić information content (AvgIpc) is 2.53. The molecule has 1 saturated heterocycles. The second-order valence-corrected chi connectivity index (χ2v) is 7.31. The van der Waals surface area contributed by atoms with Crippen molar-refractivity contribution in [2.75, 3.05) is 18.4 Å². The summed E-state index contributed by atoms with van der Waals surface area (Å²) in [6, 6.07) is -0.187. The van der Waals surface area contributed by atoms with Crippen LogP contribution in [-0.4, -0.2) is 51.4 Å². The fraction of sp³-hybridized carbons (Fsp3) is 0.647. The molecule has 2 rings (SSSR count). The van der Waals surface area contributed by atoms with E-state index >= 15 is 0 Å². The number of aromatic nitrogens is 2. The highest BCUT2D eigenvalue weighted by Crippen LogP contribution is 2.20. The highest BCUT2D eigenvalue weighted by atomic mass is 16.2.